The van der Waals surface area contributed by atoms with E-state index in [0.717, 1.165) is 10.0 Å². The van der Waals surface area contributed by atoms with Crippen LogP contribution in [0.2, 0.25) is 5.02 Å². The fourth-order valence-corrected chi connectivity index (χ4v) is 3.26. The van der Waals surface area contributed by atoms with Gasteiger partial charge in [0, 0.05) is 15.1 Å². The highest BCUT2D eigenvalue weighted by atomic mass is 79.9. The van der Waals surface area contributed by atoms with Crippen LogP contribution >= 0.6 is 43.5 Å². The molecule has 0 aromatic heterocycles. The van der Waals surface area contributed by atoms with E-state index in [1.165, 1.54) is 6.07 Å². The van der Waals surface area contributed by atoms with E-state index in [1.54, 1.807) is 31.4 Å². The molecule has 0 N–H and O–H groups in total. The first-order valence-corrected chi connectivity index (χ1v) is 7.54. The number of rotatable bonds is 3. The van der Waals surface area contributed by atoms with Gasteiger partial charge in [-0.3, -0.25) is 0 Å². The molecule has 5 heteroatoms. The van der Waals surface area contributed by atoms with Gasteiger partial charge in [-0.25, -0.2) is 4.39 Å². The first-order chi connectivity index (χ1) is 9.02. The van der Waals surface area contributed by atoms with Crippen LogP contribution in [0.4, 0.5) is 4.39 Å². The molecule has 0 bridgehead atoms. The van der Waals surface area contributed by atoms with Gasteiger partial charge in [0.25, 0.3) is 0 Å². The summed E-state index contributed by atoms with van der Waals surface area (Å²) in [6.07, 6.45) is 0. The Kier molecular flexibility index (Phi) is 4.87. The molecule has 0 amide bonds. The SMILES string of the molecule is COc1ccc(C(Br)c2cc(Br)ccc2F)c(Cl)c1. The highest BCUT2D eigenvalue weighted by Crippen LogP contribution is 2.38. The third-order valence-corrected chi connectivity index (χ3v) is 4.52. The lowest BCUT2D eigenvalue weighted by Gasteiger charge is -2.14. The standard InChI is InChI=1S/C14H10Br2ClFO/c1-19-9-3-4-10(12(17)7-9)14(16)11-6-8(15)2-5-13(11)18/h2-7,14H,1H3. The number of halogens is 4. The Hall–Kier alpha value is -0.580. The zero-order chi connectivity index (χ0) is 14.0. The second-order valence-corrected chi connectivity index (χ2v) is 6.15. The highest BCUT2D eigenvalue weighted by Gasteiger charge is 2.18. The monoisotopic (exact) mass is 406 g/mol. The van der Waals surface area contributed by atoms with Crippen LogP contribution in [0.3, 0.4) is 0 Å². The molecule has 0 fully saturated rings. The molecule has 0 spiro atoms. The average molecular weight is 408 g/mol. The van der Waals surface area contributed by atoms with Crippen molar-refractivity contribution in [1.82, 2.24) is 0 Å². The van der Waals surface area contributed by atoms with Crippen LogP contribution in [0, 0.1) is 5.82 Å². The molecule has 1 atom stereocenters. The molecule has 2 aromatic rings. The van der Waals surface area contributed by atoms with Gasteiger partial charge in [0.2, 0.25) is 0 Å². The average Bonchev–Trinajstić information content (AvgIpc) is 2.40. The Bertz CT molecular complexity index is 604. The van der Waals surface area contributed by atoms with Gasteiger partial charge in [-0.2, -0.15) is 0 Å². The summed E-state index contributed by atoms with van der Waals surface area (Å²) in [5.41, 5.74) is 1.32. The molecule has 2 rings (SSSR count). The van der Waals surface area contributed by atoms with Crippen molar-refractivity contribution in [3.05, 3.63) is 62.8 Å². The first-order valence-electron chi connectivity index (χ1n) is 5.45. The van der Waals surface area contributed by atoms with Gasteiger partial charge in [0.15, 0.2) is 0 Å². The van der Waals surface area contributed by atoms with E-state index in [0.29, 0.717) is 16.3 Å². The lowest BCUT2D eigenvalue weighted by Crippen LogP contribution is -1.98. The molecule has 0 aliphatic carbocycles. The smallest absolute Gasteiger partial charge is 0.127 e. The molecular formula is C14H10Br2ClFO. The summed E-state index contributed by atoms with van der Waals surface area (Å²) < 4.78 is 19.8. The van der Waals surface area contributed by atoms with Gasteiger partial charge in [-0.1, -0.05) is 49.5 Å². The molecule has 100 valence electrons. The molecule has 0 radical (unpaired) electrons. The maximum Gasteiger partial charge on any atom is 0.127 e. The van der Waals surface area contributed by atoms with Gasteiger partial charge < -0.3 is 4.74 Å². The zero-order valence-electron chi connectivity index (χ0n) is 9.96. The lowest BCUT2D eigenvalue weighted by atomic mass is 10.0. The topological polar surface area (TPSA) is 9.23 Å². The summed E-state index contributed by atoms with van der Waals surface area (Å²) in [6.45, 7) is 0. The number of alkyl halides is 1. The van der Waals surface area contributed by atoms with Gasteiger partial charge in [-0.15, -0.1) is 0 Å². The van der Waals surface area contributed by atoms with Gasteiger partial charge in [0.05, 0.1) is 11.9 Å². The summed E-state index contributed by atoms with van der Waals surface area (Å²) >= 11 is 13.0. The fraction of sp³-hybridized carbons (Fsp3) is 0.143. The first kappa shape index (κ1) is 14.8. The lowest BCUT2D eigenvalue weighted by molar-refractivity contribution is 0.414. The van der Waals surface area contributed by atoms with Crippen LogP contribution < -0.4 is 4.74 Å². The zero-order valence-corrected chi connectivity index (χ0v) is 13.9. The Morgan fingerprint density at radius 1 is 1.16 bits per heavy atom. The molecule has 0 saturated heterocycles. The number of methoxy groups -OCH3 is 1. The number of hydrogen-bond donors (Lipinski definition) is 0. The molecule has 0 saturated carbocycles. The largest absolute Gasteiger partial charge is 0.497 e. The summed E-state index contributed by atoms with van der Waals surface area (Å²) in [4.78, 5) is -0.316. The molecule has 1 unspecified atom stereocenters. The van der Waals surface area contributed by atoms with Gasteiger partial charge >= 0.3 is 0 Å². The minimum atomic E-state index is -0.316. The van der Waals surface area contributed by atoms with Crippen LogP contribution in [-0.4, -0.2) is 7.11 Å². The summed E-state index contributed by atoms with van der Waals surface area (Å²) in [5, 5.41) is 0.528. The van der Waals surface area contributed by atoms with Crippen LogP contribution in [0.15, 0.2) is 40.9 Å². The maximum absolute atomic E-state index is 13.9. The van der Waals surface area contributed by atoms with Crippen LogP contribution in [0.5, 0.6) is 5.75 Å². The van der Waals surface area contributed by atoms with Crippen LogP contribution in [-0.2, 0) is 0 Å². The predicted molar refractivity (Wildman–Crippen MR) is 82.9 cm³/mol. The summed E-state index contributed by atoms with van der Waals surface area (Å²) in [5.74, 6) is 0.389. The van der Waals surface area contributed by atoms with E-state index in [1.807, 2.05) is 6.07 Å². The van der Waals surface area contributed by atoms with Crippen molar-refractivity contribution in [2.24, 2.45) is 0 Å². The third kappa shape index (κ3) is 3.30. The van der Waals surface area contributed by atoms with Gasteiger partial charge in [-0.05, 0) is 35.9 Å². The van der Waals surface area contributed by atoms with Gasteiger partial charge in [0.1, 0.15) is 11.6 Å². The molecular weight excluding hydrogens is 398 g/mol. The highest BCUT2D eigenvalue weighted by molar-refractivity contribution is 9.10. The van der Waals surface area contributed by atoms with Crippen LogP contribution in [0.25, 0.3) is 0 Å². The van der Waals surface area contributed by atoms with E-state index in [2.05, 4.69) is 31.9 Å². The van der Waals surface area contributed by atoms with E-state index >= 15 is 0 Å². The Labute approximate surface area is 133 Å². The molecule has 0 heterocycles. The summed E-state index contributed by atoms with van der Waals surface area (Å²) in [7, 11) is 1.57. The molecule has 1 nitrogen and oxygen atoms in total. The van der Waals surface area contributed by atoms with Crippen molar-refractivity contribution < 1.29 is 9.13 Å². The molecule has 0 aliphatic rings. The molecule has 19 heavy (non-hydrogen) atoms. The van der Waals surface area contributed by atoms with Crippen LogP contribution in [0.1, 0.15) is 16.0 Å². The number of ether oxygens (including phenoxy) is 1. The van der Waals surface area contributed by atoms with Crippen molar-refractivity contribution in [3.63, 3.8) is 0 Å². The van der Waals surface area contributed by atoms with Crippen molar-refractivity contribution in [1.29, 1.82) is 0 Å². The molecule has 2 aromatic carbocycles. The minimum absolute atomic E-state index is 0.281. The van der Waals surface area contributed by atoms with Crippen molar-refractivity contribution in [3.8, 4) is 5.75 Å². The van der Waals surface area contributed by atoms with Crippen molar-refractivity contribution in [2.45, 2.75) is 4.83 Å². The normalized spacial score (nSPS) is 12.3. The summed E-state index contributed by atoms with van der Waals surface area (Å²) in [6, 6.07) is 10.1. The maximum atomic E-state index is 13.9. The van der Waals surface area contributed by atoms with E-state index in [4.69, 9.17) is 16.3 Å². The van der Waals surface area contributed by atoms with E-state index in [9.17, 15) is 4.39 Å². The Morgan fingerprint density at radius 3 is 2.53 bits per heavy atom. The predicted octanol–water partition coefficient (Wildman–Crippen LogP) is 5.73. The number of benzene rings is 2. The third-order valence-electron chi connectivity index (χ3n) is 2.71. The minimum Gasteiger partial charge on any atom is -0.497 e. The molecule has 0 aliphatic heterocycles. The second kappa shape index (κ2) is 6.25. The van der Waals surface area contributed by atoms with E-state index < -0.39 is 0 Å². The quantitative estimate of drug-likeness (QED) is 0.589. The van der Waals surface area contributed by atoms with Crippen molar-refractivity contribution >= 4 is 43.5 Å². The number of hydrogen-bond acceptors (Lipinski definition) is 1. The second-order valence-electron chi connectivity index (χ2n) is 3.92. The Morgan fingerprint density at radius 2 is 1.89 bits per heavy atom. The fourth-order valence-electron chi connectivity index (χ4n) is 1.72. The van der Waals surface area contributed by atoms with Crippen molar-refractivity contribution in [2.75, 3.05) is 7.11 Å². The Balaban J connectivity index is 2.43. The van der Waals surface area contributed by atoms with E-state index in [-0.39, 0.29) is 10.6 Å².